The quantitative estimate of drug-likeness (QED) is 0.287. The van der Waals surface area contributed by atoms with E-state index in [1.54, 1.807) is 6.07 Å². The normalized spacial score (nSPS) is 18.0. The van der Waals surface area contributed by atoms with Crippen molar-refractivity contribution in [3.8, 4) is 0 Å². The first-order valence-corrected chi connectivity index (χ1v) is 11.7. The lowest BCUT2D eigenvalue weighted by molar-refractivity contribution is 0.455. The van der Waals surface area contributed by atoms with Gasteiger partial charge in [-0.2, -0.15) is 0 Å². The Labute approximate surface area is 206 Å². The molecule has 1 unspecified atom stereocenters. The van der Waals surface area contributed by atoms with Crippen molar-refractivity contribution < 1.29 is 4.42 Å². The molecule has 1 atom stereocenters. The molecule has 0 aliphatic carbocycles. The maximum absolute atomic E-state index is 6.45. The molecule has 0 bridgehead atoms. The van der Waals surface area contributed by atoms with Gasteiger partial charge in [0.05, 0.1) is 5.02 Å². The van der Waals surface area contributed by atoms with E-state index in [4.69, 9.17) is 37.6 Å². The average Bonchev–Trinajstić information content (AvgIpc) is 3.24. The van der Waals surface area contributed by atoms with Gasteiger partial charge in [-0.3, -0.25) is 0 Å². The van der Waals surface area contributed by atoms with Crippen molar-refractivity contribution in [2.45, 2.75) is 12.6 Å². The highest BCUT2D eigenvalue weighted by Crippen LogP contribution is 2.38. The van der Waals surface area contributed by atoms with Gasteiger partial charge in [-0.25, -0.2) is 9.98 Å². The number of amidine groups is 2. The predicted octanol–water partition coefficient (Wildman–Crippen LogP) is 7.56. The molecular weight excluding hydrogens is 465 g/mol. The molecule has 1 aliphatic heterocycles. The van der Waals surface area contributed by atoms with Gasteiger partial charge in [0.2, 0.25) is 0 Å². The Morgan fingerprint density at radius 1 is 0.853 bits per heavy atom. The van der Waals surface area contributed by atoms with Crippen LogP contribution < -0.4 is 5.32 Å². The van der Waals surface area contributed by atoms with Gasteiger partial charge in [0, 0.05) is 26.9 Å². The van der Waals surface area contributed by atoms with Crippen LogP contribution in [-0.4, -0.2) is 11.7 Å². The summed E-state index contributed by atoms with van der Waals surface area (Å²) in [6, 6.07) is 29.6. The number of furan rings is 1. The van der Waals surface area contributed by atoms with Crippen LogP contribution in [0.4, 0.5) is 0 Å². The largest absolute Gasteiger partial charge is 0.454 e. The summed E-state index contributed by atoms with van der Waals surface area (Å²) >= 11 is 12.8. The van der Waals surface area contributed by atoms with Gasteiger partial charge >= 0.3 is 0 Å². The van der Waals surface area contributed by atoms with Crippen LogP contribution in [-0.2, 0) is 5.66 Å². The number of rotatable bonds is 3. The van der Waals surface area contributed by atoms with Crippen LogP contribution in [0.15, 0.2) is 105 Å². The Kier molecular flexibility index (Phi) is 4.94. The van der Waals surface area contributed by atoms with Crippen LogP contribution in [0.25, 0.3) is 21.9 Å². The third kappa shape index (κ3) is 3.47. The minimum Gasteiger partial charge on any atom is -0.454 e. The fourth-order valence-electron chi connectivity index (χ4n) is 4.42. The van der Waals surface area contributed by atoms with Gasteiger partial charge in [0.25, 0.3) is 0 Å². The van der Waals surface area contributed by atoms with Crippen LogP contribution >= 0.6 is 23.2 Å². The van der Waals surface area contributed by atoms with Gasteiger partial charge in [0.15, 0.2) is 17.1 Å². The summed E-state index contributed by atoms with van der Waals surface area (Å²) in [7, 11) is 0. The van der Waals surface area contributed by atoms with E-state index in [0.717, 1.165) is 33.3 Å². The Balaban J connectivity index is 1.64. The van der Waals surface area contributed by atoms with E-state index >= 15 is 0 Å². The minimum atomic E-state index is -0.722. The summed E-state index contributed by atoms with van der Waals surface area (Å²) in [5.74, 6) is 1.35. The van der Waals surface area contributed by atoms with Gasteiger partial charge in [-0.05, 0) is 30.7 Å². The molecule has 2 heterocycles. The molecule has 166 valence electrons. The second-order valence-corrected chi connectivity index (χ2v) is 9.21. The number of halogens is 2. The van der Waals surface area contributed by atoms with E-state index in [-0.39, 0.29) is 0 Å². The first-order valence-electron chi connectivity index (χ1n) is 10.9. The molecule has 34 heavy (non-hydrogen) atoms. The predicted molar refractivity (Wildman–Crippen MR) is 140 cm³/mol. The Hall–Kier alpha value is -3.60. The van der Waals surface area contributed by atoms with Gasteiger partial charge in [-0.15, -0.1) is 0 Å². The van der Waals surface area contributed by atoms with Crippen LogP contribution in [0.5, 0.6) is 0 Å². The van der Waals surface area contributed by atoms with Gasteiger partial charge in [-0.1, -0.05) is 96.0 Å². The second-order valence-electron chi connectivity index (χ2n) is 8.37. The standard InChI is InChI=1S/C28H19Cl2N3O/c1-28(18-11-6-3-7-12-18)32-26(17-9-4-2-5-10-17)31-27(33-28)20-13-8-14-23-24(20)21-15-19(29)16-22(30)25(21)34-23/h2-16H,1H3,(H,31,32,33). The number of nitrogens with zero attached hydrogens (tertiary/aromatic N) is 2. The van der Waals surface area contributed by atoms with Gasteiger partial charge < -0.3 is 9.73 Å². The molecule has 5 aromatic rings. The van der Waals surface area contributed by atoms with Crippen molar-refractivity contribution >= 4 is 56.8 Å². The van der Waals surface area contributed by atoms with Crippen molar-refractivity contribution in [1.82, 2.24) is 5.32 Å². The lowest BCUT2D eigenvalue weighted by Crippen LogP contribution is -2.46. The molecule has 0 saturated heterocycles. The molecule has 0 spiro atoms. The van der Waals surface area contributed by atoms with Crippen LogP contribution in [0.3, 0.4) is 0 Å². The van der Waals surface area contributed by atoms with E-state index in [1.807, 2.05) is 72.8 Å². The highest BCUT2D eigenvalue weighted by atomic mass is 35.5. The molecule has 0 amide bonds. The zero-order valence-electron chi connectivity index (χ0n) is 18.2. The summed E-state index contributed by atoms with van der Waals surface area (Å²) in [4.78, 5) is 10.1. The average molecular weight is 484 g/mol. The lowest BCUT2D eigenvalue weighted by Gasteiger charge is -2.33. The number of hydrogen-bond donors (Lipinski definition) is 1. The maximum atomic E-state index is 6.45. The van der Waals surface area contributed by atoms with Crippen molar-refractivity contribution in [3.05, 3.63) is 118 Å². The van der Waals surface area contributed by atoms with E-state index in [1.165, 1.54) is 0 Å². The lowest BCUT2D eigenvalue weighted by atomic mass is 9.98. The molecule has 1 N–H and O–H groups in total. The van der Waals surface area contributed by atoms with Crippen LogP contribution in [0, 0.1) is 0 Å². The number of fused-ring (bicyclic) bond motifs is 3. The summed E-state index contributed by atoms with van der Waals surface area (Å²) in [5, 5.41) is 6.29. The van der Waals surface area contributed by atoms with Crippen molar-refractivity contribution in [2.24, 2.45) is 9.98 Å². The molecule has 6 heteroatoms. The number of nitrogens with one attached hydrogen (secondary N) is 1. The Morgan fingerprint density at radius 3 is 2.35 bits per heavy atom. The van der Waals surface area contributed by atoms with E-state index in [9.17, 15) is 0 Å². The van der Waals surface area contributed by atoms with Gasteiger partial charge in [0.1, 0.15) is 11.4 Å². The Bertz CT molecular complexity index is 1610. The zero-order chi connectivity index (χ0) is 23.3. The molecule has 0 saturated carbocycles. The summed E-state index contributed by atoms with van der Waals surface area (Å²) in [5.41, 5.74) is 3.45. The number of benzene rings is 4. The van der Waals surface area contributed by atoms with Crippen LogP contribution in [0.2, 0.25) is 10.0 Å². The fraction of sp³-hybridized carbons (Fsp3) is 0.0714. The van der Waals surface area contributed by atoms with E-state index in [0.29, 0.717) is 27.0 Å². The minimum absolute atomic E-state index is 0.472. The van der Waals surface area contributed by atoms with E-state index < -0.39 is 5.66 Å². The topological polar surface area (TPSA) is 49.9 Å². The van der Waals surface area contributed by atoms with Crippen molar-refractivity contribution in [3.63, 3.8) is 0 Å². The molecule has 1 aromatic heterocycles. The summed E-state index contributed by atoms with van der Waals surface area (Å²) < 4.78 is 6.11. The SMILES string of the molecule is CC1(c2ccccc2)N=C(c2cccc3oc4c(Cl)cc(Cl)cc4c23)N=C(c2ccccc2)N1. The zero-order valence-corrected chi connectivity index (χ0v) is 19.7. The third-order valence-corrected chi connectivity index (χ3v) is 6.55. The second kappa shape index (κ2) is 8.01. The summed E-state index contributed by atoms with van der Waals surface area (Å²) in [6.07, 6.45) is 0. The molecule has 6 rings (SSSR count). The number of hydrogen-bond acceptors (Lipinski definition) is 4. The molecule has 0 radical (unpaired) electrons. The highest BCUT2D eigenvalue weighted by molar-refractivity contribution is 6.39. The smallest absolute Gasteiger partial charge is 0.160 e. The van der Waals surface area contributed by atoms with E-state index in [2.05, 4.69) is 24.4 Å². The molecule has 1 aliphatic rings. The monoisotopic (exact) mass is 483 g/mol. The third-order valence-electron chi connectivity index (χ3n) is 6.05. The first-order chi connectivity index (χ1) is 16.5. The molecular formula is C28H19Cl2N3O. The maximum Gasteiger partial charge on any atom is 0.160 e. The van der Waals surface area contributed by atoms with Crippen molar-refractivity contribution in [1.29, 1.82) is 0 Å². The highest BCUT2D eigenvalue weighted by Gasteiger charge is 2.32. The van der Waals surface area contributed by atoms with Crippen molar-refractivity contribution in [2.75, 3.05) is 0 Å². The van der Waals surface area contributed by atoms with Crippen LogP contribution in [0.1, 0.15) is 23.6 Å². The molecule has 0 fully saturated rings. The summed E-state index contributed by atoms with van der Waals surface area (Å²) in [6.45, 7) is 2.06. The first kappa shape index (κ1) is 21.0. The Morgan fingerprint density at radius 2 is 1.59 bits per heavy atom. The number of aliphatic imine (C=N–C) groups is 2. The molecule has 4 nitrogen and oxygen atoms in total. The fourth-order valence-corrected chi connectivity index (χ4v) is 4.95. The molecule has 4 aromatic carbocycles.